The predicted octanol–water partition coefficient (Wildman–Crippen LogP) is -1.02. The molecular weight excluding hydrogens is 494 g/mol. The summed E-state index contributed by atoms with van der Waals surface area (Å²) in [7, 11) is 0. The molecule has 0 aliphatic carbocycles. The first-order valence-corrected chi connectivity index (χ1v) is 12.2. The minimum absolute atomic E-state index is 0.0452. The van der Waals surface area contributed by atoms with E-state index in [2.05, 4.69) is 25.9 Å². The first-order chi connectivity index (χ1) is 18.0. The molecule has 1 heterocycles. The number of carboxylic acid groups (broad SMARTS) is 1. The molecule has 0 aliphatic heterocycles. The van der Waals surface area contributed by atoms with Crippen LogP contribution in [0.2, 0.25) is 0 Å². The Kier molecular flexibility index (Phi) is 11.4. The summed E-state index contributed by atoms with van der Waals surface area (Å²) in [6.07, 6.45) is 2.69. The number of carbonyl (C=O) groups excluding carboxylic acids is 4. The molecule has 38 heavy (non-hydrogen) atoms. The smallest absolute Gasteiger partial charge is 0.326 e. The van der Waals surface area contributed by atoms with E-state index in [9.17, 15) is 29.1 Å². The van der Waals surface area contributed by atoms with Crippen molar-refractivity contribution in [2.75, 3.05) is 0 Å². The fourth-order valence-corrected chi connectivity index (χ4v) is 3.66. The quantitative estimate of drug-likeness (QED) is 0.151. The Morgan fingerprint density at radius 2 is 1.61 bits per heavy atom. The van der Waals surface area contributed by atoms with E-state index in [0.29, 0.717) is 5.69 Å². The first kappa shape index (κ1) is 30.0. The minimum atomic E-state index is -1.28. The van der Waals surface area contributed by atoms with E-state index >= 15 is 0 Å². The molecule has 0 bridgehead atoms. The van der Waals surface area contributed by atoms with Crippen LogP contribution in [-0.4, -0.2) is 68.8 Å². The van der Waals surface area contributed by atoms with Gasteiger partial charge in [0.25, 0.3) is 0 Å². The molecule has 13 nitrogen and oxygen atoms in total. The minimum Gasteiger partial charge on any atom is -0.480 e. The molecule has 4 atom stereocenters. The molecule has 1 aromatic carbocycles. The zero-order valence-corrected chi connectivity index (χ0v) is 21.3. The second kappa shape index (κ2) is 14.5. The molecule has 0 aliphatic rings. The zero-order chi connectivity index (χ0) is 28.2. The number of nitrogens with one attached hydrogen (secondary N) is 4. The van der Waals surface area contributed by atoms with Crippen LogP contribution in [0.1, 0.15) is 37.9 Å². The fourth-order valence-electron chi connectivity index (χ4n) is 3.66. The number of amides is 4. The summed E-state index contributed by atoms with van der Waals surface area (Å²) < 4.78 is 0. The second-order valence-electron chi connectivity index (χ2n) is 9.27. The molecule has 13 heteroatoms. The number of H-pyrrole nitrogens is 1. The van der Waals surface area contributed by atoms with Gasteiger partial charge in [-0.05, 0) is 24.3 Å². The Labute approximate surface area is 220 Å². The number of hydrogen-bond donors (Lipinski definition) is 7. The van der Waals surface area contributed by atoms with Gasteiger partial charge < -0.3 is 37.5 Å². The lowest BCUT2D eigenvalue weighted by atomic mass is 10.0. The van der Waals surface area contributed by atoms with Crippen molar-refractivity contribution in [3.63, 3.8) is 0 Å². The third-order valence-electron chi connectivity index (χ3n) is 5.79. The molecule has 1 aromatic heterocycles. The Morgan fingerprint density at radius 3 is 2.16 bits per heavy atom. The standard InChI is InChI=1S/C25H35N7O6/c1-14(2)21(24(36)31-19(25(37)38)11-16-12-28-13-29-16)32-23(35)18(8-9-20(27)33)30-22(34)17(26)10-15-6-4-3-5-7-15/h3-7,12-14,17-19,21H,8-11,26H2,1-2H3,(H2,27,33)(H,28,29)(H,30,34)(H,31,36)(H,32,35)(H,37,38). The highest BCUT2D eigenvalue weighted by molar-refractivity contribution is 5.94. The highest BCUT2D eigenvalue weighted by Gasteiger charge is 2.32. The average molecular weight is 530 g/mol. The highest BCUT2D eigenvalue weighted by atomic mass is 16.4. The third kappa shape index (κ3) is 9.65. The van der Waals surface area contributed by atoms with Crippen molar-refractivity contribution in [1.82, 2.24) is 25.9 Å². The van der Waals surface area contributed by atoms with Crippen molar-refractivity contribution >= 4 is 29.6 Å². The van der Waals surface area contributed by atoms with E-state index in [1.807, 2.05) is 30.3 Å². The zero-order valence-electron chi connectivity index (χ0n) is 21.3. The van der Waals surface area contributed by atoms with E-state index in [0.717, 1.165) is 5.56 Å². The third-order valence-corrected chi connectivity index (χ3v) is 5.79. The fraction of sp³-hybridized carbons (Fsp3) is 0.440. The Bertz CT molecular complexity index is 1090. The summed E-state index contributed by atoms with van der Waals surface area (Å²) in [5.41, 5.74) is 12.6. The number of imidazole rings is 1. The SMILES string of the molecule is CC(C)C(NC(=O)C(CCC(N)=O)NC(=O)C(N)Cc1ccccc1)C(=O)NC(Cc1cnc[nH]1)C(=O)O. The van der Waals surface area contributed by atoms with Crippen LogP contribution in [-0.2, 0) is 36.8 Å². The molecule has 2 aromatic rings. The topological polar surface area (TPSA) is 222 Å². The van der Waals surface area contributed by atoms with Crippen LogP contribution in [0.4, 0.5) is 0 Å². The van der Waals surface area contributed by atoms with Gasteiger partial charge in [0.1, 0.15) is 18.1 Å². The van der Waals surface area contributed by atoms with Crippen molar-refractivity contribution in [2.24, 2.45) is 17.4 Å². The highest BCUT2D eigenvalue weighted by Crippen LogP contribution is 2.08. The average Bonchev–Trinajstić information content (AvgIpc) is 3.37. The Hall–Kier alpha value is -4.26. The molecule has 0 fully saturated rings. The molecule has 2 rings (SSSR count). The number of hydrogen-bond acceptors (Lipinski definition) is 7. The first-order valence-electron chi connectivity index (χ1n) is 12.2. The number of aromatic amines is 1. The molecular formula is C25H35N7O6. The number of rotatable bonds is 15. The van der Waals surface area contributed by atoms with Gasteiger partial charge >= 0.3 is 5.97 Å². The van der Waals surface area contributed by atoms with Gasteiger partial charge in [-0.25, -0.2) is 9.78 Å². The Morgan fingerprint density at radius 1 is 0.947 bits per heavy atom. The summed E-state index contributed by atoms with van der Waals surface area (Å²) in [5, 5.41) is 17.1. The molecule has 0 radical (unpaired) electrons. The van der Waals surface area contributed by atoms with Crippen molar-refractivity contribution in [3.8, 4) is 0 Å². The number of aliphatic carboxylic acids is 1. The molecule has 0 spiro atoms. The summed E-state index contributed by atoms with van der Waals surface area (Å²) in [6, 6.07) is 4.50. The van der Waals surface area contributed by atoms with Gasteiger partial charge in [0.2, 0.25) is 23.6 Å². The number of carboxylic acids is 1. The lowest BCUT2D eigenvalue weighted by Crippen LogP contribution is -2.58. The predicted molar refractivity (Wildman–Crippen MR) is 137 cm³/mol. The van der Waals surface area contributed by atoms with Gasteiger partial charge in [0.05, 0.1) is 12.4 Å². The van der Waals surface area contributed by atoms with Crippen LogP contribution in [0.3, 0.4) is 0 Å². The van der Waals surface area contributed by atoms with Gasteiger partial charge in [0, 0.05) is 24.7 Å². The van der Waals surface area contributed by atoms with Gasteiger partial charge in [-0.2, -0.15) is 0 Å². The van der Waals surface area contributed by atoms with Gasteiger partial charge in [0.15, 0.2) is 0 Å². The number of carbonyl (C=O) groups is 5. The number of primary amides is 1. The molecule has 9 N–H and O–H groups in total. The van der Waals surface area contributed by atoms with Crippen molar-refractivity contribution < 1.29 is 29.1 Å². The monoisotopic (exact) mass is 529 g/mol. The summed E-state index contributed by atoms with van der Waals surface area (Å²) in [5.74, 6) is -4.45. The van der Waals surface area contributed by atoms with Crippen LogP contribution >= 0.6 is 0 Å². The van der Waals surface area contributed by atoms with Crippen LogP contribution in [0, 0.1) is 5.92 Å². The van der Waals surface area contributed by atoms with Crippen LogP contribution in [0.25, 0.3) is 0 Å². The summed E-state index contributed by atoms with van der Waals surface area (Å²) in [6.45, 7) is 3.34. The Balaban J connectivity index is 2.10. The van der Waals surface area contributed by atoms with E-state index in [4.69, 9.17) is 11.5 Å². The van der Waals surface area contributed by atoms with Gasteiger partial charge in [-0.3, -0.25) is 19.2 Å². The molecule has 0 saturated carbocycles. The van der Waals surface area contributed by atoms with Crippen molar-refractivity contribution in [3.05, 3.63) is 54.1 Å². The number of aromatic nitrogens is 2. The number of nitrogens with zero attached hydrogens (tertiary/aromatic N) is 1. The van der Waals surface area contributed by atoms with Gasteiger partial charge in [-0.1, -0.05) is 44.2 Å². The van der Waals surface area contributed by atoms with Crippen molar-refractivity contribution in [2.45, 2.75) is 63.7 Å². The summed E-state index contributed by atoms with van der Waals surface area (Å²) >= 11 is 0. The lowest BCUT2D eigenvalue weighted by Gasteiger charge is -2.27. The maximum Gasteiger partial charge on any atom is 0.326 e. The van der Waals surface area contributed by atoms with Crippen LogP contribution in [0.5, 0.6) is 0 Å². The second-order valence-corrected chi connectivity index (χ2v) is 9.27. The maximum atomic E-state index is 13.1. The summed E-state index contributed by atoms with van der Waals surface area (Å²) in [4.78, 5) is 68.6. The van der Waals surface area contributed by atoms with Crippen LogP contribution in [0.15, 0.2) is 42.9 Å². The van der Waals surface area contributed by atoms with Crippen molar-refractivity contribution in [1.29, 1.82) is 0 Å². The van der Waals surface area contributed by atoms with E-state index in [-0.39, 0.29) is 25.7 Å². The largest absolute Gasteiger partial charge is 0.480 e. The number of nitrogens with two attached hydrogens (primary N) is 2. The van der Waals surface area contributed by atoms with E-state index in [1.54, 1.807) is 13.8 Å². The molecule has 206 valence electrons. The van der Waals surface area contributed by atoms with Crippen LogP contribution < -0.4 is 27.4 Å². The maximum absolute atomic E-state index is 13.1. The lowest BCUT2D eigenvalue weighted by molar-refractivity contribution is -0.142. The molecule has 0 saturated heterocycles. The molecule has 4 unspecified atom stereocenters. The molecule has 4 amide bonds. The number of benzene rings is 1. The van der Waals surface area contributed by atoms with E-state index < -0.39 is 59.7 Å². The normalized spacial score (nSPS) is 14.1. The van der Waals surface area contributed by atoms with E-state index in [1.165, 1.54) is 12.5 Å². The van der Waals surface area contributed by atoms with Gasteiger partial charge in [-0.15, -0.1) is 0 Å².